The zero-order valence-corrected chi connectivity index (χ0v) is 6.11. The van der Waals surface area contributed by atoms with E-state index in [-0.39, 0.29) is 10.7 Å². The van der Waals surface area contributed by atoms with Crippen LogP contribution in [0.25, 0.3) is 0 Å². The lowest BCUT2D eigenvalue weighted by atomic mass is 10.2. The number of hydrogen-bond acceptors (Lipinski definition) is 4. The fourth-order valence-electron chi connectivity index (χ4n) is 0.781. The molecule has 1 heterocycles. The van der Waals surface area contributed by atoms with Crippen LogP contribution < -0.4 is 10.6 Å². The Bertz CT molecular complexity index is 275. The van der Waals surface area contributed by atoms with Crippen molar-refractivity contribution in [3.63, 3.8) is 0 Å². The van der Waals surface area contributed by atoms with E-state index in [4.69, 9.17) is 10.8 Å². The molecule has 0 spiro atoms. The van der Waals surface area contributed by atoms with Crippen molar-refractivity contribution in [3.8, 4) is 5.88 Å². The molecule has 0 fully saturated rings. The van der Waals surface area contributed by atoms with Crippen LogP contribution in [-0.4, -0.2) is 10.2 Å². The molecule has 5 nitrogen and oxygen atoms in total. The average Bonchev–Trinajstić information content (AvgIpc) is 1.97. The second-order valence-corrected chi connectivity index (χ2v) is 2.14. The summed E-state index contributed by atoms with van der Waals surface area (Å²) in [5.74, 6) is -0.253. The maximum atomic E-state index is 10.6. The summed E-state index contributed by atoms with van der Waals surface area (Å²) in [6.45, 7) is 1.86. The topological polar surface area (TPSA) is 86.1 Å². The minimum atomic E-state index is -0.420. The molecule has 1 aromatic rings. The van der Waals surface area contributed by atoms with Gasteiger partial charge < -0.3 is 16.0 Å². The summed E-state index contributed by atoms with van der Waals surface area (Å²) in [5, 5.41) is 22.8. The first-order chi connectivity index (χ1) is 5.15. The van der Waals surface area contributed by atoms with Gasteiger partial charge in [0.25, 0.3) is 0 Å². The van der Waals surface area contributed by atoms with Crippen molar-refractivity contribution in [2.45, 2.75) is 13.3 Å². The molecule has 0 saturated heterocycles. The summed E-state index contributed by atoms with van der Waals surface area (Å²) < 4.78 is 0. The second-order valence-electron chi connectivity index (χ2n) is 2.14. The smallest absolute Gasteiger partial charge is 0.403 e. The number of aromatic hydroxyl groups is 1. The monoisotopic (exact) mass is 155 g/mol. The maximum Gasteiger partial charge on any atom is 0.403 e. The first-order valence-electron chi connectivity index (χ1n) is 3.23. The van der Waals surface area contributed by atoms with Crippen LogP contribution in [0.5, 0.6) is 5.88 Å². The summed E-state index contributed by atoms with van der Waals surface area (Å²) in [7, 11) is 0. The molecule has 0 atom stereocenters. The molecule has 60 valence electrons. The maximum absolute atomic E-state index is 10.6. The molecule has 3 N–H and O–H groups in total. The third-order valence-electron chi connectivity index (χ3n) is 1.41. The minimum Gasteiger partial charge on any atom is -0.591 e. The number of aryl methyl sites for hydroxylation is 1. The van der Waals surface area contributed by atoms with Crippen LogP contribution in [0.4, 0.5) is 5.82 Å². The van der Waals surface area contributed by atoms with Crippen molar-refractivity contribution < 1.29 is 9.95 Å². The first kappa shape index (κ1) is 7.59. The van der Waals surface area contributed by atoms with Crippen LogP contribution in [0.15, 0.2) is 6.07 Å². The van der Waals surface area contributed by atoms with Crippen molar-refractivity contribution >= 4 is 5.82 Å². The Labute approximate surface area is 63.7 Å². The van der Waals surface area contributed by atoms with Crippen molar-refractivity contribution in [2.24, 2.45) is 0 Å². The zero-order valence-electron chi connectivity index (χ0n) is 6.11. The normalized spacial score (nSPS) is 9.91. The second kappa shape index (κ2) is 2.61. The molecule has 0 radical (unpaired) electrons. The van der Waals surface area contributed by atoms with Gasteiger partial charge in [-0.1, -0.05) is 6.92 Å². The Morgan fingerprint density at radius 2 is 2.45 bits per heavy atom. The van der Waals surface area contributed by atoms with Gasteiger partial charge in [-0.2, -0.15) is 0 Å². The highest BCUT2D eigenvalue weighted by Gasteiger charge is 2.09. The van der Waals surface area contributed by atoms with Gasteiger partial charge in [0.2, 0.25) is 0 Å². The zero-order chi connectivity index (χ0) is 8.43. The highest BCUT2D eigenvalue weighted by Crippen LogP contribution is 2.10. The van der Waals surface area contributed by atoms with E-state index in [0.717, 1.165) is 0 Å². The number of nitrogens with zero attached hydrogens (tertiary/aromatic N) is 2. The molecule has 0 bridgehead atoms. The highest BCUT2D eigenvalue weighted by atomic mass is 16.5. The number of rotatable bonds is 1. The van der Waals surface area contributed by atoms with E-state index in [2.05, 4.69) is 5.10 Å². The Hall–Kier alpha value is -1.52. The molecule has 0 amide bonds. The van der Waals surface area contributed by atoms with E-state index in [1.165, 1.54) is 6.07 Å². The van der Waals surface area contributed by atoms with Crippen molar-refractivity contribution in [2.75, 3.05) is 5.73 Å². The van der Waals surface area contributed by atoms with E-state index >= 15 is 0 Å². The highest BCUT2D eigenvalue weighted by molar-refractivity contribution is 5.37. The molecule has 1 rings (SSSR count). The van der Waals surface area contributed by atoms with E-state index in [1.807, 2.05) is 6.92 Å². The van der Waals surface area contributed by atoms with E-state index < -0.39 is 5.88 Å². The summed E-state index contributed by atoms with van der Waals surface area (Å²) in [6, 6.07) is 1.31. The molecule has 0 aliphatic rings. The van der Waals surface area contributed by atoms with Crippen LogP contribution in [0, 0.1) is 5.21 Å². The lowest BCUT2D eigenvalue weighted by Crippen LogP contribution is -2.32. The summed E-state index contributed by atoms with van der Waals surface area (Å²) >= 11 is 0. The molecule has 11 heavy (non-hydrogen) atoms. The van der Waals surface area contributed by atoms with Crippen LogP contribution >= 0.6 is 0 Å². The summed E-state index contributed by atoms with van der Waals surface area (Å²) in [6.07, 6.45) is 0.646. The number of hydrogen-bond donors (Lipinski definition) is 2. The molecule has 0 aliphatic heterocycles. The van der Waals surface area contributed by atoms with E-state index in [1.54, 1.807) is 0 Å². The number of nitrogen functional groups attached to an aromatic ring is 1. The van der Waals surface area contributed by atoms with Crippen molar-refractivity contribution in [1.29, 1.82) is 0 Å². The van der Waals surface area contributed by atoms with Crippen LogP contribution in [0.2, 0.25) is 0 Å². The van der Waals surface area contributed by atoms with Gasteiger partial charge in [-0.25, -0.2) is 0 Å². The third-order valence-corrected chi connectivity index (χ3v) is 1.41. The lowest BCUT2D eigenvalue weighted by Gasteiger charge is -2.00. The number of aromatic nitrogens is 2. The predicted molar refractivity (Wildman–Crippen MR) is 38.7 cm³/mol. The lowest BCUT2D eigenvalue weighted by molar-refractivity contribution is -0.674. The SMILES string of the molecule is CCc1cc(O)[n+]([O-])nc1N. The van der Waals surface area contributed by atoms with Crippen molar-refractivity contribution in [3.05, 3.63) is 16.8 Å². The van der Waals surface area contributed by atoms with Gasteiger partial charge >= 0.3 is 5.88 Å². The predicted octanol–water partition coefficient (Wildman–Crippen LogP) is -0.435. The molecule has 0 aromatic carbocycles. The van der Waals surface area contributed by atoms with Gasteiger partial charge in [0.05, 0.1) is 6.07 Å². The first-order valence-corrected chi connectivity index (χ1v) is 3.23. The number of anilines is 1. The van der Waals surface area contributed by atoms with Crippen LogP contribution in [-0.2, 0) is 6.42 Å². The van der Waals surface area contributed by atoms with Crippen LogP contribution in [0.3, 0.4) is 0 Å². The molecular formula is C6H9N3O2. The molecule has 0 aliphatic carbocycles. The van der Waals surface area contributed by atoms with Gasteiger partial charge in [0.15, 0.2) is 5.82 Å². The van der Waals surface area contributed by atoms with Gasteiger partial charge in [0.1, 0.15) is 0 Å². The fraction of sp³-hybridized carbons (Fsp3) is 0.333. The Balaban J connectivity index is 3.21. The standard InChI is InChI=1S/C6H9N3O2/c1-2-4-3-5(10)9(11)8-6(4)7/h3,10H,2H2,1H3,(H2,7,8). The Morgan fingerprint density at radius 1 is 1.82 bits per heavy atom. The van der Waals surface area contributed by atoms with Gasteiger partial charge in [-0.3, -0.25) is 0 Å². The molecule has 1 aromatic heterocycles. The molecule has 0 saturated carbocycles. The Morgan fingerprint density at radius 3 is 3.00 bits per heavy atom. The quantitative estimate of drug-likeness (QED) is 0.425. The fourth-order valence-corrected chi connectivity index (χ4v) is 0.781. The van der Waals surface area contributed by atoms with Gasteiger partial charge in [-0.05, 0) is 11.3 Å². The summed E-state index contributed by atoms with van der Waals surface area (Å²) in [5.41, 5.74) is 6.03. The minimum absolute atomic E-state index is 0.0918. The van der Waals surface area contributed by atoms with Gasteiger partial charge in [0, 0.05) is 10.7 Å². The number of nitrogens with two attached hydrogens (primary N) is 1. The average molecular weight is 155 g/mol. The largest absolute Gasteiger partial charge is 0.591 e. The van der Waals surface area contributed by atoms with Crippen LogP contribution in [0.1, 0.15) is 12.5 Å². The Kier molecular flexibility index (Phi) is 1.80. The van der Waals surface area contributed by atoms with E-state index in [0.29, 0.717) is 12.0 Å². The van der Waals surface area contributed by atoms with Gasteiger partial charge in [-0.15, -0.1) is 0 Å². The van der Waals surface area contributed by atoms with E-state index in [9.17, 15) is 5.21 Å². The molecular weight excluding hydrogens is 146 g/mol. The third kappa shape index (κ3) is 1.31. The van der Waals surface area contributed by atoms with Crippen molar-refractivity contribution in [1.82, 2.24) is 5.10 Å². The molecule has 5 heteroatoms. The summed E-state index contributed by atoms with van der Waals surface area (Å²) in [4.78, 5) is 0.0918. The molecule has 0 unspecified atom stereocenters.